The summed E-state index contributed by atoms with van der Waals surface area (Å²) in [7, 11) is 0. The Balaban J connectivity index is 1.46. The fourth-order valence-corrected chi connectivity index (χ4v) is 7.00. The molecule has 1 aromatic heterocycles. The number of hydrogen-bond acceptors (Lipinski definition) is 10. The lowest BCUT2D eigenvalue weighted by molar-refractivity contribution is -0.141. The molecule has 8 N–H and O–H groups in total. The Labute approximate surface area is 302 Å². The largest absolute Gasteiger partial charge is 0.465 e. The number of carboxylic acid groups (broad SMARTS) is 1. The normalized spacial score (nSPS) is 19.7. The lowest BCUT2D eigenvalue weighted by Crippen LogP contribution is -2.57. The van der Waals surface area contributed by atoms with Crippen molar-refractivity contribution in [3.63, 3.8) is 0 Å². The van der Waals surface area contributed by atoms with Crippen molar-refractivity contribution >= 4 is 29.9 Å². The molecule has 1 saturated carbocycles. The molecule has 17 heteroatoms. The second-order valence-corrected chi connectivity index (χ2v) is 14.2. The van der Waals surface area contributed by atoms with Gasteiger partial charge in [0, 0.05) is 19.5 Å². The summed E-state index contributed by atoms with van der Waals surface area (Å²) >= 11 is 0. The number of unbranched alkanes of at least 4 members (excludes halogenated alkanes) is 1. The number of alkyl carbamates (subject to hydrolysis) is 1. The zero-order chi connectivity index (χ0) is 37.8. The zero-order valence-corrected chi connectivity index (χ0v) is 29.8. The summed E-state index contributed by atoms with van der Waals surface area (Å²) in [5.41, 5.74) is 5.27. The number of aromatic nitrogens is 3. The molecule has 1 saturated heterocycles. The molecule has 2 fully saturated rings. The van der Waals surface area contributed by atoms with Gasteiger partial charge in [-0.2, -0.15) is 0 Å². The molecule has 4 rings (SSSR count). The van der Waals surface area contributed by atoms with Gasteiger partial charge >= 0.3 is 12.2 Å². The number of aliphatic hydroxyl groups is 2. The smallest absolute Gasteiger partial charge is 0.407 e. The van der Waals surface area contributed by atoms with Crippen LogP contribution < -0.4 is 21.7 Å². The third-order valence-corrected chi connectivity index (χ3v) is 9.73. The molecule has 0 bridgehead atoms. The number of amides is 5. The first-order valence-electron chi connectivity index (χ1n) is 17.9. The number of primary amides is 1. The molecule has 2 heterocycles. The van der Waals surface area contributed by atoms with Crippen molar-refractivity contribution in [2.75, 3.05) is 13.1 Å². The van der Waals surface area contributed by atoms with Crippen molar-refractivity contribution in [3.8, 4) is 0 Å². The number of rotatable bonds is 17. The van der Waals surface area contributed by atoms with Crippen LogP contribution in [0.1, 0.15) is 95.4 Å². The van der Waals surface area contributed by atoms with Crippen molar-refractivity contribution in [2.24, 2.45) is 11.7 Å². The van der Waals surface area contributed by atoms with E-state index in [0.29, 0.717) is 18.5 Å². The van der Waals surface area contributed by atoms with Gasteiger partial charge in [-0.3, -0.25) is 14.4 Å². The first-order valence-corrected chi connectivity index (χ1v) is 17.9. The minimum Gasteiger partial charge on any atom is -0.465 e. The van der Waals surface area contributed by atoms with Crippen LogP contribution >= 0.6 is 0 Å². The van der Waals surface area contributed by atoms with Gasteiger partial charge in [-0.05, 0) is 51.0 Å². The molecule has 2 aliphatic rings. The lowest BCUT2D eigenvalue weighted by atomic mass is 9.84. The highest BCUT2D eigenvalue weighted by molar-refractivity contribution is 5.92. The SMILES string of the molecule is CC(C)(O)c1cnnn1[C@H]1C[C@@H](C(=O)NC(CCCCNC(=O)OCc2ccccc2)C(O)C(N)=O)N(C(=O)[C@@H](CC2CCCCC2)NC(=O)O)C1. The number of carbonyl (C=O) groups is 5. The van der Waals surface area contributed by atoms with E-state index < -0.39 is 65.8 Å². The maximum atomic E-state index is 14.2. The average Bonchev–Trinajstić information content (AvgIpc) is 3.78. The molecule has 286 valence electrons. The van der Waals surface area contributed by atoms with Crippen LogP contribution in [-0.2, 0) is 31.3 Å². The van der Waals surface area contributed by atoms with Crippen molar-refractivity contribution < 1.29 is 44.0 Å². The molecular weight excluding hydrogens is 676 g/mol. The summed E-state index contributed by atoms with van der Waals surface area (Å²) in [6.45, 7) is 3.41. The van der Waals surface area contributed by atoms with Gasteiger partial charge in [0.05, 0.1) is 24.0 Å². The molecule has 5 amide bonds. The predicted octanol–water partition coefficient (Wildman–Crippen LogP) is 1.68. The van der Waals surface area contributed by atoms with Crippen molar-refractivity contribution in [1.29, 1.82) is 0 Å². The van der Waals surface area contributed by atoms with Crippen LogP contribution in [0.5, 0.6) is 0 Å². The zero-order valence-electron chi connectivity index (χ0n) is 29.8. The van der Waals surface area contributed by atoms with Crippen molar-refractivity contribution in [1.82, 2.24) is 35.8 Å². The van der Waals surface area contributed by atoms with Crippen molar-refractivity contribution in [3.05, 3.63) is 47.8 Å². The third kappa shape index (κ3) is 11.4. The first kappa shape index (κ1) is 40.0. The molecular formula is C35H52N8O9. The second-order valence-electron chi connectivity index (χ2n) is 14.2. The van der Waals surface area contributed by atoms with E-state index in [0.717, 1.165) is 37.7 Å². The van der Waals surface area contributed by atoms with Crippen LogP contribution in [0.25, 0.3) is 0 Å². The van der Waals surface area contributed by atoms with Gasteiger partial charge in [0.2, 0.25) is 17.7 Å². The molecule has 17 nitrogen and oxygen atoms in total. The van der Waals surface area contributed by atoms with E-state index >= 15 is 0 Å². The van der Waals surface area contributed by atoms with Crippen LogP contribution in [0, 0.1) is 5.92 Å². The number of hydrogen-bond donors (Lipinski definition) is 7. The number of aliphatic hydroxyl groups excluding tert-OH is 1. The summed E-state index contributed by atoms with van der Waals surface area (Å²) in [6, 6.07) is 5.19. The second kappa shape index (κ2) is 18.6. The van der Waals surface area contributed by atoms with E-state index in [4.69, 9.17) is 10.5 Å². The predicted molar refractivity (Wildman–Crippen MR) is 186 cm³/mol. The Morgan fingerprint density at radius 1 is 1.06 bits per heavy atom. The quantitative estimate of drug-likeness (QED) is 0.115. The van der Waals surface area contributed by atoms with E-state index in [1.54, 1.807) is 13.8 Å². The number of carbonyl (C=O) groups excluding carboxylic acids is 4. The Morgan fingerprint density at radius 3 is 2.42 bits per heavy atom. The van der Waals surface area contributed by atoms with E-state index in [1.165, 1.54) is 15.8 Å². The molecule has 1 aromatic carbocycles. The summed E-state index contributed by atoms with van der Waals surface area (Å²) in [5, 5.41) is 46.9. The minimum absolute atomic E-state index is 0.0294. The third-order valence-electron chi connectivity index (χ3n) is 9.73. The maximum Gasteiger partial charge on any atom is 0.407 e. The van der Waals surface area contributed by atoms with E-state index in [9.17, 15) is 39.3 Å². The van der Waals surface area contributed by atoms with Crippen LogP contribution in [0.2, 0.25) is 0 Å². The number of likely N-dealkylation sites (tertiary alicyclic amines) is 1. The fraction of sp³-hybridized carbons (Fsp3) is 0.629. The maximum absolute atomic E-state index is 14.2. The van der Waals surface area contributed by atoms with Crippen LogP contribution in [0.4, 0.5) is 9.59 Å². The fourth-order valence-electron chi connectivity index (χ4n) is 7.00. The Hall–Kier alpha value is -4.77. The number of benzene rings is 1. The number of nitrogens with one attached hydrogen (secondary N) is 3. The molecule has 52 heavy (non-hydrogen) atoms. The molecule has 1 aliphatic carbocycles. The Kier molecular flexibility index (Phi) is 14.3. The number of ether oxygens (including phenoxy) is 1. The molecule has 1 aliphatic heterocycles. The van der Waals surface area contributed by atoms with Gasteiger partial charge in [0.25, 0.3) is 0 Å². The van der Waals surface area contributed by atoms with Gasteiger partial charge in [0.15, 0.2) is 6.10 Å². The topological polar surface area (TPSA) is 251 Å². The van der Waals surface area contributed by atoms with Gasteiger partial charge < -0.3 is 46.6 Å². The van der Waals surface area contributed by atoms with Gasteiger partial charge in [-0.25, -0.2) is 14.3 Å². The number of nitrogens with two attached hydrogens (primary N) is 1. The van der Waals surface area contributed by atoms with Gasteiger partial charge in [-0.1, -0.05) is 67.6 Å². The highest BCUT2D eigenvalue weighted by atomic mass is 16.5. The van der Waals surface area contributed by atoms with E-state index in [1.807, 2.05) is 30.3 Å². The standard InChI is InChI=1S/C35H52N8O9/c1-35(2,51)28-19-38-41-43(28)24-18-27(42(20-24)32(47)26(40-33(48)49)17-22-11-5-3-6-12-22)31(46)39-25(29(44)30(36)45)15-9-10-16-37-34(50)52-21-23-13-7-4-8-14-23/h4,7-8,13-14,19,22,24-27,29,40,44,51H,3,5-6,9-12,15-18,20-21H2,1-2H3,(H2,36,45)(H,37,50)(H,39,46)(H,48,49)/t24-,25?,26+,27-,29?/m0/s1. The number of nitrogens with zero attached hydrogens (tertiary/aromatic N) is 4. The minimum atomic E-state index is -1.75. The monoisotopic (exact) mass is 728 g/mol. The molecule has 5 atom stereocenters. The van der Waals surface area contributed by atoms with Crippen LogP contribution in [0.3, 0.4) is 0 Å². The summed E-state index contributed by atoms with van der Waals surface area (Å²) in [5.74, 6) is -2.19. The Bertz CT molecular complexity index is 1510. The highest BCUT2D eigenvalue weighted by Crippen LogP contribution is 2.33. The Morgan fingerprint density at radius 2 is 1.77 bits per heavy atom. The molecule has 2 aromatic rings. The summed E-state index contributed by atoms with van der Waals surface area (Å²) in [4.78, 5) is 65.5. The molecule has 2 unspecified atom stereocenters. The molecule has 0 spiro atoms. The first-order chi connectivity index (χ1) is 24.7. The van der Waals surface area contributed by atoms with E-state index in [-0.39, 0.29) is 44.9 Å². The highest BCUT2D eigenvalue weighted by Gasteiger charge is 2.45. The van der Waals surface area contributed by atoms with E-state index in [2.05, 4.69) is 26.3 Å². The summed E-state index contributed by atoms with van der Waals surface area (Å²) in [6.07, 6.45) is 3.65. The van der Waals surface area contributed by atoms with Crippen LogP contribution in [0.15, 0.2) is 36.5 Å². The summed E-state index contributed by atoms with van der Waals surface area (Å²) < 4.78 is 6.66. The van der Waals surface area contributed by atoms with Gasteiger partial charge in [0.1, 0.15) is 24.3 Å². The molecule has 0 radical (unpaired) electrons. The van der Waals surface area contributed by atoms with Gasteiger partial charge in [-0.15, -0.1) is 5.10 Å². The average molecular weight is 729 g/mol. The van der Waals surface area contributed by atoms with Crippen molar-refractivity contribution in [2.45, 2.75) is 121 Å². The lowest BCUT2D eigenvalue weighted by Gasteiger charge is -2.32. The van der Waals surface area contributed by atoms with Crippen LogP contribution in [-0.4, -0.2) is 102 Å².